The zero-order valence-electron chi connectivity index (χ0n) is 11.7. The Balaban J connectivity index is 2.18. The smallest absolute Gasteiger partial charge is 0.201 e. The van der Waals surface area contributed by atoms with E-state index in [1.165, 1.54) is 25.7 Å². The first kappa shape index (κ1) is 14.4. The molecular weight excluding hydrogens is 302 g/mol. The summed E-state index contributed by atoms with van der Waals surface area (Å²) in [5.41, 5.74) is 8.16. The van der Waals surface area contributed by atoms with Crippen LogP contribution in [0.4, 0.5) is 5.95 Å². The van der Waals surface area contributed by atoms with Gasteiger partial charge in [-0.25, -0.2) is 4.98 Å². The van der Waals surface area contributed by atoms with Crippen molar-refractivity contribution in [3.8, 4) is 0 Å². The van der Waals surface area contributed by atoms with Crippen LogP contribution in [0.25, 0.3) is 11.0 Å². The minimum absolute atomic E-state index is 0.399. The molecule has 0 bridgehead atoms. The summed E-state index contributed by atoms with van der Waals surface area (Å²) >= 11 is 3.52. The zero-order chi connectivity index (χ0) is 13.8. The van der Waals surface area contributed by atoms with Crippen LogP contribution in [0.5, 0.6) is 0 Å². The van der Waals surface area contributed by atoms with Crippen molar-refractivity contribution < 1.29 is 0 Å². The molecule has 2 N–H and O–H groups in total. The topological polar surface area (TPSA) is 43.8 Å². The molecule has 1 heterocycles. The zero-order valence-corrected chi connectivity index (χ0v) is 13.3. The standard InChI is InChI=1S/C15H22BrN3/c1-3-4-5-6-7-11(2)19-14-10-12(16)8-9-13(14)18-15(19)17/h8-11H,3-7H2,1-2H3,(H2,17,18). The molecule has 0 radical (unpaired) electrons. The quantitative estimate of drug-likeness (QED) is 0.767. The van der Waals surface area contributed by atoms with Gasteiger partial charge in [0.25, 0.3) is 0 Å². The summed E-state index contributed by atoms with van der Waals surface area (Å²) < 4.78 is 3.23. The van der Waals surface area contributed by atoms with Crippen LogP contribution in [-0.2, 0) is 0 Å². The normalized spacial score (nSPS) is 13.0. The van der Waals surface area contributed by atoms with Gasteiger partial charge in [-0.3, -0.25) is 0 Å². The van der Waals surface area contributed by atoms with Gasteiger partial charge in [-0.05, 0) is 31.5 Å². The number of rotatable bonds is 6. The molecule has 0 aliphatic heterocycles. The molecule has 0 amide bonds. The highest BCUT2D eigenvalue weighted by Gasteiger charge is 2.13. The molecule has 1 aromatic heterocycles. The van der Waals surface area contributed by atoms with Crippen molar-refractivity contribution in [3.05, 3.63) is 22.7 Å². The molecule has 0 fully saturated rings. The third-order valence-electron chi connectivity index (χ3n) is 3.60. The number of benzene rings is 1. The van der Waals surface area contributed by atoms with Gasteiger partial charge in [-0.15, -0.1) is 0 Å². The van der Waals surface area contributed by atoms with Crippen molar-refractivity contribution in [2.24, 2.45) is 0 Å². The summed E-state index contributed by atoms with van der Waals surface area (Å²) in [7, 11) is 0. The maximum atomic E-state index is 6.07. The highest BCUT2D eigenvalue weighted by atomic mass is 79.9. The summed E-state index contributed by atoms with van der Waals surface area (Å²) in [4.78, 5) is 4.44. The maximum Gasteiger partial charge on any atom is 0.201 e. The first-order chi connectivity index (χ1) is 9.13. The second-order valence-electron chi connectivity index (χ2n) is 5.17. The molecule has 1 unspecified atom stereocenters. The third kappa shape index (κ3) is 3.30. The third-order valence-corrected chi connectivity index (χ3v) is 4.09. The lowest BCUT2D eigenvalue weighted by atomic mass is 10.1. The average molecular weight is 324 g/mol. The van der Waals surface area contributed by atoms with E-state index in [0.717, 1.165) is 21.9 Å². The number of fused-ring (bicyclic) bond motifs is 1. The van der Waals surface area contributed by atoms with Gasteiger partial charge in [0.1, 0.15) is 0 Å². The second-order valence-corrected chi connectivity index (χ2v) is 6.09. The Hall–Kier alpha value is -1.03. The summed E-state index contributed by atoms with van der Waals surface area (Å²) in [5, 5.41) is 0. The van der Waals surface area contributed by atoms with E-state index in [0.29, 0.717) is 12.0 Å². The summed E-state index contributed by atoms with van der Waals surface area (Å²) in [5.74, 6) is 0.621. The van der Waals surface area contributed by atoms with Gasteiger partial charge in [-0.2, -0.15) is 0 Å². The van der Waals surface area contributed by atoms with Gasteiger partial charge in [0.2, 0.25) is 5.95 Å². The summed E-state index contributed by atoms with van der Waals surface area (Å²) in [6.45, 7) is 4.46. The van der Waals surface area contributed by atoms with Gasteiger partial charge in [0, 0.05) is 10.5 Å². The van der Waals surface area contributed by atoms with Crippen molar-refractivity contribution >= 4 is 32.9 Å². The predicted octanol–water partition coefficient (Wildman–Crippen LogP) is 4.91. The van der Waals surface area contributed by atoms with E-state index in [1.54, 1.807) is 0 Å². The van der Waals surface area contributed by atoms with E-state index < -0.39 is 0 Å². The number of unbranched alkanes of at least 4 members (excludes halogenated alkanes) is 3. The van der Waals surface area contributed by atoms with Crippen LogP contribution in [0.1, 0.15) is 52.0 Å². The highest BCUT2D eigenvalue weighted by molar-refractivity contribution is 9.10. The van der Waals surface area contributed by atoms with E-state index in [9.17, 15) is 0 Å². The summed E-state index contributed by atoms with van der Waals surface area (Å²) in [6.07, 6.45) is 6.30. The lowest BCUT2D eigenvalue weighted by Crippen LogP contribution is -2.08. The Bertz CT molecular complexity index is 548. The molecule has 1 atom stereocenters. The molecule has 1 aromatic carbocycles. The molecule has 104 valence electrons. The molecule has 2 aromatic rings. The van der Waals surface area contributed by atoms with Crippen LogP contribution in [0.15, 0.2) is 22.7 Å². The first-order valence-corrected chi connectivity index (χ1v) is 7.85. The molecule has 0 aliphatic rings. The van der Waals surface area contributed by atoms with Crippen molar-refractivity contribution in [1.82, 2.24) is 9.55 Å². The molecule has 0 saturated carbocycles. The number of aromatic nitrogens is 2. The van der Waals surface area contributed by atoms with Crippen molar-refractivity contribution in [2.75, 3.05) is 5.73 Å². The van der Waals surface area contributed by atoms with Crippen LogP contribution in [-0.4, -0.2) is 9.55 Å². The van der Waals surface area contributed by atoms with E-state index in [4.69, 9.17) is 5.73 Å². The number of nitrogens with two attached hydrogens (primary N) is 1. The molecule has 0 aliphatic carbocycles. The minimum atomic E-state index is 0.399. The van der Waals surface area contributed by atoms with Crippen molar-refractivity contribution in [2.45, 2.75) is 52.0 Å². The molecule has 3 nitrogen and oxygen atoms in total. The molecule has 0 saturated heterocycles. The second kappa shape index (κ2) is 6.42. The van der Waals surface area contributed by atoms with E-state index >= 15 is 0 Å². The van der Waals surface area contributed by atoms with Crippen LogP contribution in [0.3, 0.4) is 0 Å². The van der Waals surface area contributed by atoms with Gasteiger partial charge >= 0.3 is 0 Å². The molecule has 0 spiro atoms. The number of halogens is 1. The highest BCUT2D eigenvalue weighted by Crippen LogP contribution is 2.28. The fourth-order valence-corrected chi connectivity index (χ4v) is 2.89. The SMILES string of the molecule is CCCCCCC(C)n1c(N)nc2ccc(Br)cc21. The lowest BCUT2D eigenvalue weighted by Gasteiger charge is -2.16. The Kier molecular flexibility index (Phi) is 4.86. The first-order valence-electron chi connectivity index (χ1n) is 7.06. The molecular formula is C15H22BrN3. The van der Waals surface area contributed by atoms with Gasteiger partial charge in [-0.1, -0.05) is 48.5 Å². The number of hydrogen-bond donors (Lipinski definition) is 1. The number of nitrogens with zero attached hydrogens (tertiary/aromatic N) is 2. The van der Waals surface area contributed by atoms with Gasteiger partial charge < -0.3 is 10.3 Å². The van der Waals surface area contributed by atoms with E-state index in [-0.39, 0.29) is 0 Å². The van der Waals surface area contributed by atoms with Gasteiger partial charge in [0.05, 0.1) is 11.0 Å². The maximum absolute atomic E-state index is 6.07. The van der Waals surface area contributed by atoms with Crippen molar-refractivity contribution in [1.29, 1.82) is 0 Å². The Morgan fingerprint density at radius 1 is 1.32 bits per heavy atom. The lowest BCUT2D eigenvalue weighted by molar-refractivity contribution is 0.486. The Morgan fingerprint density at radius 2 is 2.11 bits per heavy atom. The number of anilines is 1. The molecule has 2 rings (SSSR count). The average Bonchev–Trinajstić information content (AvgIpc) is 2.70. The molecule has 4 heteroatoms. The molecule has 19 heavy (non-hydrogen) atoms. The predicted molar refractivity (Wildman–Crippen MR) is 85.3 cm³/mol. The van der Waals surface area contributed by atoms with Crippen LogP contribution < -0.4 is 5.73 Å². The van der Waals surface area contributed by atoms with Crippen LogP contribution in [0, 0.1) is 0 Å². The van der Waals surface area contributed by atoms with Crippen LogP contribution >= 0.6 is 15.9 Å². The van der Waals surface area contributed by atoms with E-state index in [2.05, 4.69) is 45.4 Å². The van der Waals surface area contributed by atoms with Crippen LogP contribution in [0.2, 0.25) is 0 Å². The largest absolute Gasteiger partial charge is 0.369 e. The van der Waals surface area contributed by atoms with Crippen molar-refractivity contribution in [3.63, 3.8) is 0 Å². The number of hydrogen-bond acceptors (Lipinski definition) is 2. The fourth-order valence-electron chi connectivity index (χ4n) is 2.54. The monoisotopic (exact) mass is 323 g/mol. The number of imidazole rings is 1. The summed E-state index contributed by atoms with van der Waals surface area (Å²) in [6, 6.07) is 6.51. The van der Waals surface area contributed by atoms with Gasteiger partial charge in [0.15, 0.2) is 0 Å². The Labute approximate surface area is 123 Å². The number of nitrogen functional groups attached to an aromatic ring is 1. The Morgan fingerprint density at radius 3 is 2.84 bits per heavy atom. The van der Waals surface area contributed by atoms with E-state index in [1.807, 2.05) is 12.1 Å². The minimum Gasteiger partial charge on any atom is -0.369 e. The fraction of sp³-hybridized carbons (Fsp3) is 0.533.